The molecule has 1 aromatic rings. The van der Waals surface area contributed by atoms with E-state index in [0.29, 0.717) is 12.5 Å². The minimum absolute atomic E-state index is 0.114. The van der Waals surface area contributed by atoms with Gasteiger partial charge in [-0.2, -0.15) is 0 Å². The maximum atomic E-state index is 5.93. The van der Waals surface area contributed by atoms with E-state index in [2.05, 4.69) is 9.97 Å². The van der Waals surface area contributed by atoms with Crippen LogP contribution < -0.4 is 4.74 Å². The normalized spacial score (nSPS) is 20.3. The Morgan fingerprint density at radius 1 is 1.32 bits per heavy atom. The summed E-state index contributed by atoms with van der Waals surface area (Å²) < 4.78 is 17.1. The zero-order valence-corrected chi connectivity index (χ0v) is 11.9. The van der Waals surface area contributed by atoms with E-state index in [9.17, 15) is 0 Å². The zero-order chi connectivity index (χ0) is 13.7. The Morgan fingerprint density at radius 2 is 2.16 bits per heavy atom. The summed E-state index contributed by atoms with van der Waals surface area (Å²) in [6.45, 7) is 7.08. The summed E-state index contributed by atoms with van der Waals surface area (Å²) in [5, 5.41) is 0. The molecule has 0 aliphatic carbocycles. The van der Waals surface area contributed by atoms with Crippen molar-refractivity contribution < 1.29 is 14.2 Å². The first-order valence-corrected chi connectivity index (χ1v) is 6.76. The fraction of sp³-hybridized carbons (Fsp3) is 0.714. The maximum absolute atomic E-state index is 5.93. The summed E-state index contributed by atoms with van der Waals surface area (Å²) in [5.41, 5.74) is 0.465. The smallest absolute Gasteiger partial charge is 0.232 e. The second-order valence-corrected chi connectivity index (χ2v) is 5.46. The van der Waals surface area contributed by atoms with Crippen LogP contribution in [0.2, 0.25) is 0 Å². The summed E-state index contributed by atoms with van der Waals surface area (Å²) in [5.74, 6) is 0.520. The Morgan fingerprint density at radius 3 is 2.79 bits per heavy atom. The SMILES string of the molecule is Cc1cnc(OCC(C)(C)OC2CCCCO2)cn1. The van der Waals surface area contributed by atoms with Crippen LogP contribution in [0.5, 0.6) is 5.88 Å². The molecule has 2 heterocycles. The number of nitrogens with zero attached hydrogens (tertiary/aromatic N) is 2. The summed E-state index contributed by atoms with van der Waals surface area (Å²) >= 11 is 0. The van der Waals surface area contributed by atoms with Crippen LogP contribution >= 0.6 is 0 Å². The minimum Gasteiger partial charge on any atom is -0.474 e. The number of ether oxygens (including phenoxy) is 3. The van der Waals surface area contributed by atoms with Crippen molar-refractivity contribution in [3.8, 4) is 5.88 Å². The van der Waals surface area contributed by atoms with Crippen molar-refractivity contribution in [3.63, 3.8) is 0 Å². The Labute approximate surface area is 114 Å². The van der Waals surface area contributed by atoms with Crippen molar-refractivity contribution >= 4 is 0 Å². The van der Waals surface area contributed by atoms with Crippen molar-refractivity contribution in [3.05, 3.63) is 18.1 Å². The molecular formula is C14H22N2O3. The number of hydrogen-bond acceptors (Lipinski definition) is 5. The van der Waals surface area contributed by atoms with E-state index in [1.807, 2.05) is 20.8 Å². The molecule has 0 saturated carbocycles. The number of aromatic nitrogens is 2. The molecule has 5 nitrogen and oxygen atoms in total. The molecule has 1 aromatic heterocycles. The fourth-order valence-corrected chi connectivity index (χ4v) is 1.90. The molecule has 106 valence electrons. The number of hydrogen-bond donors (Lipinski definition) is 0. The average molecular weight is 266 g/mol. The van der Waals surface area contributed by atoms with E-state index < -0.39 is 5.60 Å². The van der Waals surface area contributed by atoms with E-state index in [-0.39, 0.29) is 6.29 Å². The van der Waals surface area contributed by atoms with E-state index in [0.717, 1.165) is 31.6 Å². The lowest BCUT2D eigenvalue weighted by molar-refractivity contribution is -0.221. The van der Waals surface area contributed by atoms with Gasteiger partial charge in [0.15, 0.2) is 6.29 Å². The third kappa shape index (κ3) is 4.76. The minimum atomic E-state index is -0.408. The first kappa shape index (κ1) is 14.2. The molecule has 1 aliphatic heterocycles. The van der Waals surface area contributed by atoms with Crippen LogP contribution in [-0.4, -0.2) is 35.1 Å². The molecule has 2 rings (SSSR count). The summed E-state index contributed by atoms with van der Waals surface area (Å²) in [4.78, 5) is 8.30. The largest absolute Gasteiger partial charge is 0.474 e. The molecule has 0 N–H and O–H groups in total. The highest BCUT2D eigenvalue weighted by atomic mass is 16.7. The van der Waals surface area contributed by atoms with Crippen LogP contribution in [0.4, 0.5) is 0 Å². The van der Waals surface area contributed by atoms with Crippen LogP contribution in [0.3, 0.4) is 0 Å². The van der Waals surface area contributed by atoms with Crippen molar-refractivity contribution in [1.29, 1.82) is 0 Å². The summed E-state index contributed by atoms with van der Waals surface area (Å²) in [6, 6.07) is 0. The van der Waals surface area contributed by atoms with Gasteiger partial charge in [0.25, 0.3) is 0 Å². The molecule has 1 saturated heterocycles. The van der Waals surface area contributed by atoms with Gasteiger partial charge in [-0.15, -0.1) is 0 Å². The second kappa shape index (κ2) is 6.30. The van der Waals surface area contributed by atoms with Gasteiger partial charge in [-0.3, -0.25) is 4.98 Å². The standard InChI is InChI=1S/C14H22N2O3/c1-11-8-16-12(9-15-11)18-10-14(2,3)19-13-6-4-5-7-17-13/h8-9,13H,4-7,10H2,1-3H3. The Hall–Kier alpha value is -1.20. The Kier molecular flexibility index (Phi) is 4.71. The third-order valence-electron chi connectivity index (χ3n) is 2.91. The zero-order valence-electron chi connectivity index (χ0n) is 11.9. The lowest BCUT2D eigenvalue weighted by Crippen LogP contribution is -2.38. The van der Waals surface area contributed by atoms with Crippen molar-refractivity contribution in [2.24, 2.45) is 0 Å². The summed E-state index contributed by atoms with van der Waals surface area (Å²) in [6.07, 6.45) is 6.43. The highest BCUT2D eigenvalue weighted by Crippen LogP contribution is 2.21. The monoisotopic (exact) mass is 266 g/mol. The molecule has 0 amide bonds. The predicted octanol–water partition coefficient (Wildman–Crippen LogP) is 2.49. The molecule has 1 aliphatic rings. The Balaban J connectivity index is 1.81. The van der Waals surface area contributed by atoms with Gasteiger partial charge < -0.3 is 14.2 Å². The molecule has 1 atom stereocenters. The highest BCUT2D eigenvalue weighted by Gasteiger charge is 2.26. The van der Waals surface area contributed by atoms with Gasteiger partial charge in [-0.1, -0.05) is 0 Å². The van der Waals surface area contributed by atoms with Crippen LogP contribution in [0.25, 0.3) is 0 Å². The van der Waals surface area contributed by atoms with E-state index >= 15 is 0 Å². The first-order chi connectivity index (χ1) is 9.05. The van der Waals surface area contributed by atoms with E-state index in [1.165, 1.54) is 0 Å². The maximum Gasteiger partial charge on any atom is 0.232 e. The van der Waals surface area contributed by atoms with E-state index in [1.54, 1.807) is 12.4 Å². The molecule has 19 heavy (non-hydrogen) atoms. The molecule has 1 fully saturated rings. The Bertz CT molecular complexity index is 386. The summed E-state index contributed by atoms with van der Waals surface area (Å²) in [7, 11) is 0. The number of aryl methyl sites for hydroxylation is 1. The van der Waals surface area contributed by atoms with Gasteiger partial charge in [-0.05, 0) is 40.0 Å². The molecule has 0 radical (unpaired) electrons. The van der Waals surface area contributed by atoms with Gasteiger partial charge in [0.1, 0.15) is 6.61 Å². The predicted molar refractivity (Wildman–Crippen MR) is 71.0 cm³/mol. The van der Waals surface area contributed by atoms with Crippen molar-refractivity contribution in [2.75, 3.05) is 13.2 Å². The van der Waals surface area contributed by atoms with E-state index in [4.69, 9.17) is 14.2 Å². The fourth-order valence-electron chi connectivity index (χ4n) is 1.90. The average Bonchev–Trinajstić information content (AvgIpc) is 2.39. The molecular weight excluding hydrogens is 244 g/mol. The number of rotatable bonds is 5. The topological polar surface area (TPSA) is 53.5 Å². The van der Waals surface area contributed by atoms with Crippen LogP contribution in [0.1, 0.15) is 38.8 Å². The van der Waals surface area contributed by atoms with Gasteiger partial charge in [0, 0.05) is 6.61 Å². The van der Waals surface area contributed by atoms with Crippen LogP contribution in [0.15, 0.2) is 12.4 Å². The highest BCUT2D eigenvalue weighted by molar-refractivity contribution is 5.06. The second-order valence-electron chi connectivity index (χ2n) is 5.46. The van der Waals surface area contributed by atoms with Crippen molar-refractivity contribution in [1.82, 2.24) is 9.97 Å². The van der Waals surface area contributed by atoms with Gasteiger partial charge in [0.2, 0.25) is 5.88 Å². The lowest BCUT2D eigenvalue weighted by Gasteiger charge is -2.32. The first-order valence-electron chi connectivity index (χ1n) is 6.76. The molecule has 1 unspecified atom stereocenters. The molecule has 0 aromatic carbocycles. The van der Waals surface area contributed by atoms with Crippen molar-refractivity contribution in [2.45, 2.75) is 51.9 Å². The third-order valence-corrected chi connectivity index (χ3v) is 2.91. The van der Waals surface area contributed by atoms with Gasteiger partial charge >= 0.3 is 0 Å². The van der Waals surface area contributed by atoms with Crippen LogP contribution in [0, 0.1) is 6.92 Å². The lowest BCUT2D eigenvalue weighted by atomic mass is 10.1. The quantitative estimate of drug-likeness (QED) is 0.819. The van der Waals surface area contributed by atoms with Gasteiger partial charge in [0.05, 0.1) is 23.7 Å². The van der Waals surface area contributed by atoms with Crippen LogP contribution in [-0.2, 0) is 9.47 Å². The molecule has 0 spiro atoms. The molecule has 5 heteroatoms. The van der Waals surface area contributed by atoms with Gasteiger partial charge in [-0.25, -0.2) is 4.98 Å². The molecule has 0 bridgehead atoms.